The van der Waals surface area contributed by atoms with Crippen molar-refractivity contribution < 1.29 is 4.79 Å². The van der Waals surface area contributed by atoms with Crippen molar-refractivity contribution in [1.82, 2.24) is 15.2 Å². The summed E-state index contributed by atoms with van der Waals surface area (Å²) >= 11 is 0. The Morgan fingerprint density at radius 1 is 1.06 bits per heavy atom. The number of hydrogen-bond donors (Lipinski definition) is 2. The number of amides is 1. The van der Waals surface area contributed by atoms with E-state index in [4.69, 9.17) is 0 Å². The second-order valence-corrected chi connectivity index (χ2v) is 8.85. The Morgan fingerprint density at radius 2 is 1.77 bits per heavy atom. The lowest BCUT2D eigenvalue weighted by atomic mass is 9.74. The fourth-order valence-corrected chi connectivity index (χ4v) is 4.94. The highest BCUT2D eigenvalue weighted by atomic mass is 16.1. The molecule has 1 aliphatic carbocycles. The average molecular weight is 416 g/mol. The highest BCUT2D eigenvalue weighted by Gasteiger charge is 2.37. The van der Waals surface area contributed by atoms with Crippen LogP contribution < -0.4 is 5.32 Å². The van der Waals surface area contributed by atoms with Gasteiger partial charge in [-0.1, -0.05) is 54.1 Å². The van der Waals surface area contributed by atoms with E-state index in [0.717, 1.165) is 38.5 Å². The highest BCUT2D eigenvalue weighted by molar-refractivity contribution is 5.88. The van der Waals surface area contributed by atoms with Crippen molar-refractivity contribution >= 4 is 16.8 Å². The van der Waals surface area contributed by atoms with Gasteiger partial charge in [-0.3, -0.25) is 9.69 Å². The first-order valence-electron chi connectivity index (χ1n) is 11.3. The summed E-state index contributed by atoms with van der Waals surface area (Å²) in [5, 5.41) is 4.36. The number of allylic oxidation sites excluding steroid dienone is 1. The molecular weight excluding hydrogens is 382 g/mol. The Hall–Kier alpha value is -2.85. The number of H-pyrrole nitrogens is 1. The maximum absolute atomic E-state index is 12.4. The molecule has 4 heteroatoms. The van der Waals surface area contributed by atoms with Gasteiger partial charge in [-0.15, -0.1) is 0 Å². The number of fused-ring (bicyclic) bond motifs is 1. The number of nitrogens with zero attached hydrogens (tertiary/aromatic N) is 1. The third-order valence-corrected chi connectivity index (χ3v) is 6.82. The van der Waals surface area contributed by atoms with Crippen LogP contribution in [-0.4, -0.2) is 36.4 Å². The number of aromatic amines is 1. The van der Waals surface area contributed by atoms with Gasteiger partial charge in [0.25, 0.3) is 0 Å². The first-order valence-corrected chi connectivity index (χ1v) is 11.3. The predicted octanol–water partition coefficient (Wildman–Crippen LogP) is 5.17. The molecule has 0 aliphatic heterocycles. The molecule has 1 saturated carbocycles. The zero-order chi connectivity index (χ0) is 21.7. The van der Waals surface area contributed by atoms with E-state index >= 15 is 0 Å². The predicted molar refractivity (Wildman–Crippen MR) is 128 cm³/mol. The molecule has 162 valence electrons. The number of nitrogens with one attached hydrogen (secondary N) is 2. The molecule has 4 nitrogen and oxygen atoms in total. The molecule has 1 heterocycles. The summed E-state index contributed by atoms with van der Waals surface area (Å²) in [6.45, 7) is 0.702. The Morgan fingerprint density at radius 3 is 2.52 bits per heavy atom. The van der Waals surface area contributed by atoms with Gasteiger partial charge < -0.3 is 10.3 Å². The fourth-order valence-electron chi connectivity index (χ4n) is 4.94. The number of hydrogen-bond acceptors (Lipinski definition) is 2. The average Bonchev–Trinajstić information content (AvgIpc) is 3.21. The van der Waals surface area contributed by atoms with E-state index in [1.807, 2.05) is 12.1 Å². The van der Waals surface area contributed by atoms with Gasteiger partial charge in [0.15, 0.2) is 0 Å². The molecule has 0 bridgehead atoms. The molecule has 0 unspecified atom stereocenters. The fraction of sp³-hybridized carbons (Fsp3) is 0.370. The lowest BCUT2D eigenvalue weighted by Crippen LogP contribution is -2.43. The molecule has 0 radical (unpaired) electrons. The summed E-state index contributed by atoms with van der Waals surface area (Å²) in [4.78, 5) is 18.1. The summed E-state index contributed by atoms with van der Waals surface area (Å²) in [6.07, 6.45) is 9.85. The van der Waals surface area contributed by atoms with Crippen LogP contribution in [0.3, 0.4) is 0 Å². The molecule has 1 aromatic heterocycles. The van der Waals surface area contributed by atoms with Crippen molar-refractivity contribution in [3.05, 3.63) is 83.6 Å². The molecule has 1 fully saturated rings. The molecule has 2 aromatic carbocycles. The Labute approximate surface area is 185 Å². The standard InChI is InChI=1S/C27H33N3O/c1-30(2)27(23-10-4-3-5-11-23)16-14-21(15-17-27)19-26(31)28-18-8-9-22-20-29-25-13-7-6-12-24(22)25/h3-7,10-13,19-20,29H,8-9,14-18H2,1-2H3,(H,28,31). The zero-order valence-corrected chi connectivity index (χ0v) is 18.7. The molecule has 3 aromatic rings. The van der Waals surface area contributed by atoms with Crippen LogP contribution in [0.15, 0.2) is 72.4 Å². The lowest BCUT2D eigenvalue weighted by Gasteiger charge is -2.44. The second kappa shape index (κ2) is 9.52. The monoisotopic (exact) mass is 415 g/mol. The first kappa shape index (κ1) is 21.4. The van der Waals surface area contributed by atoms with E-state index in [9.17, 15) is 4.79 Å². The lowest BCUT2D eigenvalue weighted by molar-refractivity contribution is -0.116. The summed E-state index contributed by atoms with van der Waals surface area (Å²) in [7, 11) is 4.34. The number of carbonyl (C=O) groups is 1. The molecule has 0 spiro atoms. The number of aryl methyl sites for hydroxylation is 1. The molecule has 4 rings (SSSR count). The van der Waals surface area contributed by atoms with E-state index in [1.165, 1.54) is 27.6 Å². The van der Waals surface area contributed by atoms with Crippen molar-refractivity contribution in [1.29, 1.82) is 0 Å². The van der Waals surface area contributed by atoms with Crippen molar-refractivity contribution in [2.75, 3.05) is 20.6 Å². The number of carbonyl (C=O) groups excluding carboxylic acids is 1. The van der Waals surface area contributed by atoms with Crippen LogP contribution in [0.2, 0.25) is 0 Å². The van der Waals surface area contributed by atoms with Gasteiger partial charge in [0.05, 0.1) is 0 Å². The van der Waals surface area contributed by atoms with Gasteiger partial charge in [-0.25, -0.2) is 0 Å². The van der Waals surface area contributed by atoms with Gasteiger partial charge in [-0.05, 0) is 69.8 Å². The smallest absolute Gasteiger partial charge is 0.243 e. The number of rotatable bonds is 7. The minimum absolute atomic E-state index is 0.0472. The Bertz CT molecular complexity index is 1040. The minimum Gasteiger partial charge on any atom is -0.361 e. The Balaban J connectivity index is 1.27. The van der Waals surface area contributed by atoms with E-state index < -0.39 is 0 Å². The van der Waals surface area contributed by atoms with Gasteiger partial charge in [0.1, 0.15) is 0 Å². The quantitative estimate of drug-likeness (QED) is 0.413. The zero-order valence-electron chi connectivity index (χ0n) is 18.7. The topological polar surface area (TPSA) is 48.1 Å². The van der Waals surface area contributed by atoms with E-state index in [2.05, 4.69) is 84.0 Å². The van der Waals surface area contributed by atoms with Crippen molar-refractivity contribution in [2.24, 2.45) is 0 Å². The minimum atomic E-state index is 0.0472. The van der Waals surface area contributed by atoms with Gasteiger partial charge in [0, 0.05) is 35.3 Å². The van der Waals surface area contributed by atoms with Crippen LogP contribution in [0.4, 0.5) is 0 Å². The number of aromatic nitrogens is 1. The van der Waals surface area contributed by atoms with Crippen molar-refractivity contribution in [3.63, 3.8) is 0 Å². The third kappa shape index (κ3) is 4.75. The van der Waals surface area contributed by atoms with Crippen LogP contribution >= 0.6 is 0 Å². The van der Waals surface area contributed by atoms with E-state index in [0.29, 0.717) is 6.54 Å². The van der Waals surface area contributed by atoms with Crippen LogP contribution in [0, 0.1) is 0 Å². The third-order valence-electron chi connectivity index (χ3n) is 6.82. The maximum atomic E-state index is 12.4. The summed E-state index contributed by atoms with van der Waals surface area (Å²) in [6, 6.07) is 19.1. The molecule has 31 heavy (non-hydrogen) atoms. The van der Waals surface area contributed by atoms with Gasteiger partial charge in [0.2, 0.25) is 5.91 Å². The summed E-state index contributed by atoms with van der Waals surface area (Å²) in [5.74, 6) is 0.0472. The number of para-hydroxylation sites is 1. The normalized spacial score (nSPS) is 19.0. The number of benzene rings is 2. The molecule has 2 N–H and O–H groups in total. The SMILES string of the molecule is CN(C)C1(c2ccccc2)CCC(=CC(=O)NCCCc2c[nH]c3ccccc23)CC1. The largest absolute Gasteiger partial charge is 0.361 e. The van der Waals surface area contributed by atoms with Crippen LogP contribution in [0.5, 0.6) is 0 Å². The van der Waals surface area contributed by atoms with E-state index in [-0.39, 0.29) is 11.4 Å². The molecule has 0 atom stereocenters. The van der Waals surface area contributed by atoms with Crippen molar-refractivity contribution in [2.45, 2.75) is 44.1 Å². The molecule has 0 saturated heterocycles. The first-order chi connectivity index (χ1) is 15.1. The van der Waals surface area contributed by atoms with E-state index in [1.54, 1.807) is 0 Å². The van der Waals surface area contributed by atoms with Gasteiger partial charge in [-0.2, -0.15) is 0 Å². The van der Waals surface area contributed by atoms with Crippen LogP contribution in [0.25, 0.3) is 10.9 Å². The summed E-state index contributed by atoms with van der Waals surface area (Å²) < 4.78 is 0. The molecule has 1 aliphatic rings. The maximum Gasteiger partial charge on any atom is 0.243 e. The van der Waals surface area contributed by atoms with Crippen molar-refractivity contribution in [3.8, 4) is 0 Å². The van der Waals surface area contributed by atoms with Gasteiger partial charge >= 0.3 is 0 Å². The second-order valence-electron chi connectivity index (χ2n) is 8.85. The Kier molecular flexibility index (Phi) is 6.57. The van der Waals surface area contributed by atoms with Crippen LogP contribution in [-0.2, 0) is 16.8 Å². The van der Waals surface area contributed by atoms with Crippen LogP contribution in [0.1, 0.15) is 43.2 Å². The summed E-state index contributed by atoms with van der Waals surface area (Å²) in [5.41, 5.74) is 5.20. The molecular formula is C27H33N3O. The highest BCUT2D eigenvalue weighted by Crippen LogP contribution is 2.42. The molecule has 1 amide bonds.